The fourth-order valence-electron chi connectivity index (χ4n) is 3.97. The third kappa shape index (κ3) is 4.29. The van der Waals surface area contributed by atoms with E-state index in [9.17, 15) is 30.3 Å². The lowest BCUT2D eigenvalue weighted by molar-refractivity contribution is -0.277. The first-order chi connectivity index (χ1) is 17.2. The van der Waals surface area contributed by atoms with Gasteiger partial charge in [-0.25, -0.2) is 0 Å². The average molecular weight is 506 g/mol. The highest BCUT2D eigenvalue weighted by Gasteiger charge is 2.45. The van der Waals surface area contributed by atoms with E-state index in [0.29, 0.717) is 11.3 Å². The van der Waals surface area contributed by atoms with Crippen LogP contribution in [-0.2, 0) is 4.74 Å². The average Bonchev–Trinajstić information content (AvgIpc) is 2.89. The number of aliphatic hydroxyl groups is 4. The van der Waals surface area contributed by atoms with Crippen LogP contribution in [0.5, 0.6) is 28.7 Å². The normalized spacial score (nSPS) is 23.9. The number of fused-ring (bicyclic) bond motifs is 1. The molecule has 0 aliphatic carbocycles. The van der Waals surface area contributed by atoms with Crippen molar-refractivity contribution >= 4 is 11.0 Å². The number of aromatic hydroxyl groups is 1. The molecule has 1 fully saturated rings. The van der Waals surface area contributed by atoms with Crippen LogP contribution in [0.15, 0.2) is 39.5 Å². The van der Waals surface area contributed by atoms with Crippen molar-refractivity contribution in [2.24, 2.45) is 0 Å². The van der Waals surface area contributed by atoms with Gasteiger partial charge in [-0.1, -0.05) is 0 Å². The highest BCUT2D eigenvalue weighted by Crippen LogP contribution is 2.50. The molecule has 0 bridgehead atoms. The fourth-order valence-corrected chi connectivity index (χ4v) is 3.97. The van der Waals surface area contributed by atoms with Crippen molar-refractivity contribution in [3.8, 4) is 40.1 Å². The van der Waals surface area contributed by atoms with E-state index < -0.39 is 48.5 Å². The van der Waals surface area contributed by atoms with Gasteiger partial charge in [-0.05, 0) is 24.3 Å². The standard InChI is InChI=1S/C24H26O12/c1-31-11-6-4-10(5-7-11)13-8-12(26)15-17(28)21(32-2)22(33-3)23(20(15)34-13)36-24-19(30)18(29)16(27)14(9-25)35-24/h4-8,14,16,18-19,24-25,27-30H,9H2,1-3H3/t14-,16-,18+,19-,24+/m1/s1. The summed E-state index contributed by atoms with van der Waals surface area (Å²) in [4.78, 5) is 13.1. The van der Waals surface area contributed by atoms with Crippen LogP contribution >= 0.6 is 0 Å². The second-order valence-corrected chi connectivity index (χ2v) is 7.97. The Hall–Kier alpha value is -3.55. The quantitative estimate of drug-likeness (QED) is 0.298. The summed E-state index contributed by atoms with van der Waals surface area (Å²) in [5, 5.41) is 50.7. The minimum absolute atomic E-state index is 0.112. The lowest BCUT2D eigenvalue weighted by Gasteiger charge is -2.39. The van der Waals surface area contributed by atoms with Crippen LogP contribution in [-0.4, -0.2) is 84.2 Å². The third-order valence-corrected chi connectivity index (χ3v) is 5.88. The van der Waals surface area contributed by atoms with E-state index in [-0.39, 0.29) is 34.0 Å². The van der Waals surface area contributed by atoms with Crippen LogP contribution in [0.25, 0.3) is 22.3 Å². The molecule has 12 heteroatoms. The molecule has 0 radical (unpaired) electrons. The van der Waals surface area contributed by atoms with Crippen molar-refractivity contribution in [2.45, 2.75) is 30.7 Å². The highest BCUT2D eigenvalue weighted by molar-refractivity contribution is 5.95. The molecule has 3 aromatic rings. The van der Waals surface area contributed by atoms with Crippen LogP contribution in [0.2, 0.25) is 0 Å². The lowest BCUT2D eigenvalue weighted by atomic mass is 9.99. The number of ether oxygens (including phenoxy) is 5. The van der Waals surface area contributed by atoms with E-state index in [1.807, 2.05) is 0 Å². The topological polar surface area (TPSA) is 178 Å². The summed E-state index contributed by atoms with van der Waals surface area (Å²) < 4.78 is 33.0. The molecule has 36 heavy (non-hydrogen) atoms. The van der Waals surface area contributed by atoms with Crippen molar-refractivity contribution in [3.05, 3.63) is 40.6 Å². The van der Waals surface area contributed by atoms with E-state index in [0.717, 1.165) is 0 Å². The summed E-state index contributed by atoms with van der Waals surface area (Å²) >= 11 is 0. The largest absolute Gasteiger partial charge is 0.504 e. The second-order valence-electron chi connectivity index (χ2n) is 7.97. The Morgan fingerprint density at radius 1 is 0.889 bits per heavy atom. The van der Waals surface area contributed by atoms with Gasteiger partial charge in [-0.15, -0.1) is 0 Å². The van der Waals surface area contributed by atoms with E-state index in [1.54, 1.807) is 24.3 Å². The Kier molecular flexibility index (Phi) is 7.24. The zero-order valence-corrected chi connectivity index (χ0v) is 19.6. The molecule has 5 N–H and O–H groups in total. The van der Waals surface area contributed by atoms with Gasteiger partial charge >= 0.3 is 0 Å². The number of hydrogen-bond donors (Lipinski definition) is 5. The smallest absolute Gasteiger partial charge is 0.229 e. The summed E-state index contributed by atoms with van der Waals surface area (Å²) in [5.41, 5.74) is -0.400. The van der Waals surface area contributed by atoms with Gasteiger partial charge in [0.15, 0.2) is 16.8 Å². The van der Waals surface area contributed by atoms with Gasteiger partial charge in [0.05, 0.1) is 27.9 Å². The fraction of sp³-hybridized carbons (Fsp3) is 0.375. The number of aliphatic hydroxyl groups excluding tert-OH is 4. The van der Waals surface area contributed by atoms with Crippen molar-refractivity contribution in [2.75, 3.05) is 27.9 Å². The number of benzene rings is 2. The molecular formula is C24H26O12. The van der Waals surface area contributed by atoms with Crippen LogP contribution in [0.4, 0.5) is 0 Å². The van der Waals surface area contributed by atoms with E-state index in [1.165, 1.54) is 27.4 Å². The van der Waals surface area contributed by atoms with Gasteiger partial charge in [-0.2, -0.15) is 0 Å². The van der Waals surface area contributed by atoms with Crippen LogP contribution in [0.1, 0.15) is 0 Å². The van der Waals surface area contributed by atoms with E-state index in [2.05, 4.69) is 0 Å². The number of rotatable bonds is 7. The molecule has 2 aromatic carbocycles. The summed E-state index contributed by atoms with van der Waals surface area (Å²) in [6.45, 7) is -0.682. The summed E-state index contributed by atoms with van der Waals surface area (Å²) in [6, 6.07) is 7.81. The molecule has 5 atom stereocenters. The molecule has 0 amide bonds. The Bertz CT molecular complexity index is 1280. The molecule has 0 saturated carbocycles. The Morgan fingerprint density at radius 3 is 2.14 bits per heavy atom. The number of hydrogen-bond acceptors (Lipinski definition) is 12. The number of phenolic OH excluding ortho intramolecular Hbond substituents is 1. The van der Waals surface area contributed by atoms with Crippen molar-refractivity contribution in [1.82, 2.24) is 0 Å². The lowest BCUT2D eigenvalue weighted by Crippen LogP contribution is -2.60. The zero-order valence-electron chi connectivity index (χ0n) is 19.6. The van der Waals surface area contributed by atoms with Gasteiger partial charge in [0.1, 0.15) is 41.3 Å². The maximum atomic E-state index is 13.1. The van der Waals surface area contributed by atoms with Gasteiger partial charge in [0.25, 0.3) is 0 Å². The summed E-state index contributed by atoms with van der Waals surface area (Å²) in [5.74, 6) is -0.624. The Labute approximate surface area is 204 Å². The van der Waals surface area contributed by atoms with Gasteiger partial charge in [0, 0.05) is 11.6 Å². The molecule has 1 aliphatic rings. The first-order valence-corrected chi connectivity index (χ1v) is 10.8. The Balaban J connectivity index is 1.92. The second kappa shape index (κ2) is 10.2. The van der Waals surface area contributed by atoms with Crippen LogP contribution in [0, 0.1) is 0 Å². The highest BCUT2D eigenvalue weighted by atomic mass is 16.7. The number of methoxy groups -OCH3 is 3. The molecule has 0 spiro atoms. The molecule has 1 saturated heterocycles. The molecule has 2 heterocycles. The molecule has 1 aromatic heterocycles. The zero-order chi connectivity index (χ0) is 26.1. The van der Waals surface area contributed by atoms with Crippen molar-refractivity contribution < 1.29 is 53.6 Å². The molecular weight excluding hydrogens is 480 g/mol. The monoisotopic (exact) mass is 506 g/mol. The first kappa shape index (κ1) is 25.5. The van der Waals surface area contributed by atoms with E-state index >= 15 is 0 Å². The molecule has 0 unspecified atom stereocenters. The van der Waals surface area contributed by atoms with Gasteiger partial charge < -0.3 is 53.6 Å². The van der Waals surface area contributed by atoms with Crippen LogP contribution < -0.4 is 24.4 Å². The maximum Gasteiger partial charge on any atom is 0.229 e. The predicted molar refractivity (Wildman–Crippen MR) is 124 cm³/mol. The van der Waals surface area contributed by atoms with Gasteiger partial charge in [0.2, 0.25) is 23.5 Å². The molecule has 12 nitrogen and oxygen atoms in total. The SMILES string of the molecule is COc1ccc(-c2cc(=O)c3c(O)c(OC)c(OC)c(O[C@@H]4O[C@H](CO)[C@@H](O)[C@H](O)[C@H]4O)c3o2)cc1. The molecule has 194 valence electrons. The third-order valence-electron chi connectivity index (χ3n) is 5.88. The van der Waals surface area contributed by atoms with Crippen LogP contribution in [0.3, 0.4) is 0 Å². The minimum Gasteiger partial charge on any atom is -0.504 e. The minimum atomic E-state index is -1.76. The number of phenols is 1. The molecule has 1 aliphatic heterocycles. The van der Waals surface area contributed by atoms with Gasteiger partial charge in [-0.3, -0.25) is 4.79 Å². The first-order valence-electron chi connectivity index (χ1n) is 10.8. The van der Waals surface area contributed by atoms with Crippen molar-refractivity contribution in [1.29, 1.82) is 0 Å². The molecule has 4 rings (SSSR count). The summed E-state index contributed by atoms with van der Waals surface area (Å²) in [6.07, 6.45) is -8.00. The van der Waals surface area contributed by atoms with Crippen molar-refractivity contribution in [3.63, 3.8) is 0 Å². The van der Waals surface area contributed by atoms with E-state index in [4.69, 9.17) is 28.1 Å². The maximum absolute atomic E-state index is 13.1. The Morgan fingerprint density at radius 2 is 1.56 bits per heavy atom. The summed E-state index contributed by atoms with van der Waals surface area (Å²) in [7, 11) is 3.99. The predicted octanol–water partition coefficient (Wildman–Crippen LogP) is 0.370.